The standard InChI is InChI=1S/C28H25FN4O3/c1-28(29)14-18(15-30)33(16-28)26(35)8-7-25(34)21-10-11-31-24-6-5-17(13-23(21)24)19-3-2-4-22-20(19)9-12-32-27(22)36/h2-6,10-11,13,18H,7-9,12,14,16H2,1H3,(H,32,36)/t18-,28?/m0/s1. The Bertz CT molecular complexity index is 1440. The molecule has 2 aliphatic heterocycles. The van der Waals surface area contributed by atoms with E-state index in [0.29, 0.717) is 35.0 Å². The van der Waals surface area contributed by atoms with E-state index in [1.165, 1.54) is 11.8 Å². The molecular formula is C28H25FN4O3. The number of alkyl halides is 1. The van der Waals surface area contributed by atoms with Gasteiger partial charge in [-0.05, 0) is 54.3 Å². The molecule has 1 unspecified atom stereocenters. The lowest BCUT2D eigenvalue weighted by Crippen LogP contribution is -2.36. The topological polar surface area (TPSA) is 103 Å². The Morgan fingerprint density at radius 3 is 2.83 bits per heavy atom. The number of ketones is 1. The highest BCUT2D eigenvalue weighted by Crippen LogP contribution is 2.33. The number of carbonyl (C=O) groups excluding carboxylic acids is 3. The lowest BCUT2D eigenvalue weighted by Gasteiger charge is -2.20. The van der Waals surface area contributed by atoms with Gasteiger partial charge < -0.3 is 10.2 Å². The minimum Gasteiger partial charge on any atom is -0.352 e. The van der Waals surface area contributed by atoms with Crippen molar-refractivity contribution in [3.63, 3.8) is 0 Å². The number of carbonyl (C=O) groups is 3. The second kappa shape index (κ2) is 9.15. The number of fused-ring (bicyclic) bond motifs is 2. The molecule has 2 aliphatic rings. The summed E-state index contributed by atoms with van der Waals surface area (Å²) in [5.41, 5.74) is 2.94. The number of aromatic nitrogens is 1. The highest BCUT2D eigenvalue weighted by Gasteiger charge is 2.43. The van der Waals surface area contributed by atoms with Gasteiger partial charge in [0.25, 0.3) is 5.91 Å². The molecule has 0 spiro atoms. The van der Waals surface area contributed by atoms with Crippen LogP contribution in [-0.4, -0.2) is 52.3 Å². The summed E-state index contributed by atoms with van der Waals surface area (Å²) in [5, 5.41) is 12.8. The molecule has 3 heterocycles. The molecule has 1 fully saturated rings. The largest absolute Gasteiger partial charge is 0.352 e. The first-order valence-electron chi connectivity index (χ1n) is 12.0. The van der Waals surface area contributed by atoms with Crippen LogP contribution in [0.15, 0.2) is 48.7 Å². The van der Waals surface area contributed by atoms with Crippen LogP contribution in [0.2, 0.25) is 0 Å². The van der Waals surface area contributed by atoms with Crippen molar-refractivity contribution in [3.05, 3.63) is 65.4 Å². The molecule has 3 aromatic rings. The molecular weight excluding hydrogens is 459 g/mol. The van der Waals surface area contributed by atoms with E-state index in [1.807, 2.05) is 42.5 Å². The fraction of sp³-hybridized carbons (Fsp3) is 0.321. The monoisotopic (exact) mass is 484 g/mol. The van der Waals surface area contributed by atoms with E-state index in [0.717, 1.165) is 16.7 Å². The van der Waals surface area contributed by atoms with Crippen molar-refractivity contribution in [1.29, 1.82) is 5.26 Å². The summed E-state index contributed by atoms with van der Waals surface area (Å²) in [6.45, 7) is 1.81. The number of Topliss-reactive ketones (excluding diaryl/α,β-unsaturated/α-hetero) is 1. The van der Waals surface area contributed by atoms with E-state index < -0.39 is 17.6 Å². The molecule has 182 valence electrons. The third-order valence-corrected chi connectivity index (χ3v) is 6.96. The van der Waals surface area contributed by atoms with Crippen LogP contribution in [0, 0.1) is 11.3 Å². The van der Waals surface area contributed by atoms with Crippen LogP contribution in [0.3, 0.4) is 0 Å². The molecule has 2 atom stereocenters. The lowest BCUT2D eigenvalue weighted by atomic mass is 9.90. The van der Waals surface area contributed by atoms with E-state index >= 15 is 0 Å². The number of nitrogens with one attached hydrogen (secondary N) is 1. The molecule has 7 nitrogen and oxygen atoms in total. The Labute approximate surface area is 207 Å². The van der Waals surface area contributed by atoms with E-state index in [4.69, 9.17) is 0 Å². The first kappa shape index (κ1) is 23.6. The zero-order chi connectivity index (χ0) is 25.4. The quantitative estimate of drug-likeness (QED) is 0.552. The Morgan fingerprint density at radius 2 is 2.03 bits per heavy atom. The normalized spacial score (nSPS) is 21.1. The Morgan fingerprint density at radius 1 is 1.22 bits per heavy atom. The van der Waals surface area contributed by atoms with Gasteiger partial charge in [0.15, 0.2) is 5.78 Å². The number of benzene rings is 2. The SMILES string of the molecule is CC1(F)C[C@@H](C#N)N(C(=O)CCC(=O)c2ccnc3ccc(-c4cccc5c4CCNC5=O)cc23)C1. The van der Waals surface area contributed by atoms with Crippen LogP contribution >= 0.6 is 0 Å². The van der Waals surface area contributed by atoms with Gasteiger partial charge >= 0.3 is 0 Å². The highest BCUT2D eigenvalue weighted by atomic mass is 19.1. The number of nitriles is 1. The maximum atomic E-state index is 14.4. The van der Waals surface area contributed by atoms with Crippen LogP contribution in [0.1, 0.15) is 52.5 Å². The van der Waals surface area contributed by atoms with Crippen molar-refractivity contribution in [2.75, 3.05) is 13.1 Å². The molecule has 1 saturated heterocycles. The average molecular weight is 485 g/mol. The summed E-state index contributed by atoms with van der Waals surface area (Å²) in [4.78, 5) is 43.8. The van der Waals surface area contributed by atoms with Crippen LogP contribution in [0.4, 0.5) is 4.39 Å². The predicted molar refractivity (Wildman–Crippen MR) is 132 cm³/mol. The molecule has 0 aliphatic carbocycles. The van der Waals surface area contributed by atoms with E-state index in [1.54, 1.807) is 12.3 Å². The molecule has 5 rings (SSSR count). The minimum atomic E-state index is -1.60. The van der Waals surface area contributed by atoms with Crippen LogP contribution in [-0.2, 0) is 11.2 Å². The Balaban J connectivity index is 1.41. The number of pyridine rings is 1. The van der Waals surface area contributed by atoms with Crippen molar-refractivity contribution >= 4 is 28.5 Å². The van der Waals surface area contributed by atoms with Crippen LogP contribution < -0.4 is 5.32 Å². The van der Waals surface area contributed by atoms with Crippen LogP contribution in [0.25, 0.3) is 22.0 Å². The fourth-order valence-electron chi connectivity index (χ4n) is 5.21. The van der Waals surface area contributed by atoms with E-state index in [9.17, 15) is 24.0 Å². The second-order valence-electron chi connectivity index (χ2n) is 9.64. The smallest absolute Gasteiger partial charge is 0.251 e. The number of rotatable bonds is 5. The zero-order valence-corrected chi connectivity index (χ0v) is 19.9. The highest BCUT2D eigenvalue weighted by molar-refractivity contribution is 6.09. The summed E-state index contributed by atoms with van der Waals surface area (Å²) in [6.07, 6.45) is 2.10. The Hall–Kier alpha value is -4.12. The number of halogens is 1. The van der Waals surface area contributed by atoms with Gasteiger partial charge in [0.1, 0.15) is 11.7 Å². The van der Waals surface area contributed by atoms with Gasteiger partial charge in [0, 0.05) is 48.5 Å². The summed E-state index contributed by atoms with van der Waals surface area (Å²) in [7, 11) is 0. The Kier molecular flexibility index (Phi) is 6.00. The molecule has 36 heavy (non-hydrogen) atoms. The molecule has 2 aromatic carbocycles. The van der Waals surface area contributed by atoms with Crippen molar-refractivity contribution in [2.24, 2.45) is 0 Å². The minimum absolute atomic E-state index is 0.0220. The number of nitrogens with zero attached hydrogens (tertiary/aromatic N) is 3. The molecule has 0 saturated carbocycles. The summed E-state index contributed by atoms with van der Waals surface area (Å²) < 4.78 is 14.4. The molecule has 1 N–H and O–H groups in total. The van der Waals surface area contributed by atoms with Crippen molar-refractivity contribution in [2.45, 2.75) is 44.3 Å². The van der Waals surface area contributed by atoms with Gasteiger partial charge in [-0.25, -0.2) is 4.39 Å². The van der Waals surface area contributed by atoms with Crippen molar-refractivity contribution in [1.82, 2.24) is 15.2 Å². The first-order chi connectivity index (χ1) is 17.3. The average Bonchev–Trinajstić information content (AvgIpc) is 3.21. The predicted octanol–water partition coefficient (Wildman–Crippen LogP) is 4.00. The second-order valence-corrected chi connectivity index (χ2v) is 9.64. The number of likely N-dealkylation sites (tertiary alicyclic amines) is 1. The number of hydrogen-bond donors (Lipinski definition) is 1. The van der Waals surface area contributed by atoms with Crippen LogP contribution in [0.5, 0.6) is 0 Å². The molecule has 0 bridgehead atoms. The summed E-state index contributed by atoms with van der Waals surface area (Å²) in [5.74, 6) is -0.714. The molecule has 1 aromatic heterocycles. The van der Waals surface area contributed by atoms with E-state index in [2.05, 4.69) is 10.3 Å². The summed E-state index contributed by atoms with van der Waals surface area (Å²) in [6, 6.07) is 14.1. The number of hydrogen-bond acceptors (Lipinski definition) is 5. The third-order valence-electron chi connectivity index (χ3n) is 6.96. The first-order valence-corrected chi connectivity index (χ1v) is 12.0. The maximum Gasteiger partial charge on any atom is 0.251 e. The molecule has 8 heteroatoms. The van der Waals surface area contributed by atoms with E-state index in [-0.39, 0.29) is 37.5 Å². The van der Waals surface area contributed by atoms with Gasteiger partial charge in [0.05, 0.1) is 18.1 Å². The maximum absolute atomic E-state index is 14.4. The number of amides is 2. The van der Waals surface area contributed by atoms with Gasteiger partial charge in [-0.15, -0.1) is 0 Å². The zero-order valence-electron chi connectivity index (χ0n) is 19.9. The third kappa shape index (κ3) is 4.33. The van der Waals surface area contributed by atoms with Crippen molar-refractivity contribution < 1.29 is 18.8 Å². The van der Waals surface area contributed by atoms with Crippen molar-refractivity contribution in [3.8, 4) is 17.2 Å². The molecule has 0 radical (unpaired) electrons. The van der Waals surface area contributed by atoms with Gasteiger partial charge in [-0.1, -0.05) is 18.2 Å². The van der Waals surface area contributed by atoms with Gasteiger partial charge in [0.2, 0.25) is 5.91 Å². The van der Waals surface area contributed by atoms with Gasteiger partial charge in [-0.3, -0.25) is 19.4 Å². The summed E-state index contributed by atoms with van der Waals surface area (Å²) >= 11 is 0. The van der Waals surface area contributed by atoms with Gasteiger partial charge in [-0.2, -0.15) is 5.26 Å². The fourth-order valence-corrected chi connectivity index (χ4v) is 5.21. The molecule has 2 amide bonds. The lowest BCUT2D eigenvalue weighted by molar-refractivity contribution is -0.131.